The quantitative estimate of drug-likeness (QED) is 0.871. The van der Waals surface area contributed by atoms with E-state index in [1.165, 1.54) is 0 Å². The average molecular weight is 300 g/mol. The fraction of sp³-hybridized carbons (Fsp3) is 0.385. The van der Waals surface area contributed by atoms with Gasteiger partial charge < -0.3 is 20.1 Å². The molecule has 2 rings (SSSR count). The van der Waals surface area contributed by atoms with Gasteiger partial charge >= 0.3 is 12.0 Å². The maximum absolute atomic E-state index is 13.4. The van der Waals surface area contributed by atoms with Gasteiger partial charge in [0, 0.05) is 18.7 Å². The van der Waals surface area contributed by atoms with Crippen LogP contribution in [0.5, 0.6) is 0 Å². The number of aliphatic carboxylic acids is 1. The van der Waals surface area contributed by atoms with Crippen LogP contribution < -0.4 is 5.32 Å². The number of amides is 2. The topological polar surface area (TPSA) is 78.9 Å². The van der Waals surface area contributed by atoms with E-state index in [1.54, 1.807) is 0 Å². The molecule has 8 heteroatoms. The predicted molar refractivity (Wildman–Crippen MR) is 67.5 cm³/mol. The van der Waals surface area contributed by atoms with E-state index in [4.69, 9.17) is 9.84 Å². The molecule has 0 radical (unpaired) electrons. The van der Waals surface area contributed by atoms with Crippen LogP contribution in [0.3, 0.4) is 0 Å². The van der Waals surface area contributed by atoms with Crippen LogP contribution in [0.25, 0.3) is 0 Å². The van der Waals surface area contributed by atoms with Crippen molar-refractivity contribution in [2.24, 2.45) is 0 Å². The number of carbonyl (C=O) groups is 2. The van der Waals surface area contributed by atoms with Crippen molar-refractivity contribution in [1.29, 1.82) is 0 Å². The third-order valence-electron chi connectivity index (χ3n) is 3.11. The molecule has 0 bridgehead atoms. The second-order valence-electron chi connectivity index (χ2n) is 4.52. The molecule has 1 saturated heterocycles. The van der Waals surface area contributed by atoms with Crippen LogP contribution in [0, 0.1) is 11.6 Å². The fourth-order valence-electron chi connectivity index (χ4n) is 2.00. The first kappa shape index (κ1) is 15.2. The largest absolute Gasteiger partial charge is 0.480 e. The maximum atomic E-state index is 13.4. The van der Waals surface area contributed by atoms with Gasteiger partial charge in [0.05, 0.1) is 13.2 Å². The summed E-state index contributed by atoms with van der Waals surface area (Å²) in [6, 6.07) is 1.17. The third-order valence-corrected chi connectivity index (χ3v) is 3.11. The van der Waals surface area contributed by atoms with Crippen molar-refractivity contribution in [3.63, 3.8) is 0 Å². The van der Waals surface area contributed by atoms with Crippen molar-refractivity contribution in [3.8, 4) is 0 Å². The van der Waals surface area contributed by atoms with Crippen LogP contribution in [-0.2, 0) is 16.1 Å². The van der Waals surface area contributed by atoms with E-state index in [1.807, 2.05) is 0 Å². The lowest BCUT2D eigenvalue weighted by molar-refractivity contribution is -0.147. The van der Waals surface area contributed by atoms with Crippen LogP contribution in [0.15, 0.2) is 18.2 Å². The van der Waals surface area contributed by atoms with Gasteiger partial charge in [-0.05, 0) is 18.2 Å². The van der Waals surface area contributed by atoms with Crippen molar-refractivity contribution in [1.82, 2.24) is 10.2 Å². The Labute approximate surface area is 119 Å². The molecule has 0 spiro atoms. The first-order valence-electron chi connectivity index (χ1n) is 6.28. The highest BCUT2D eigenvalue weighted by Gasteiger charge is 2.32. The van der Waals surface area contributed by atoms with Gasteiger partial charge in [0.15, 0.2) is 6.04 Å². The second-order valence-corrected chi connectivity index (χ2v) is 4.52. The van der Waals surface area contributed by atoms with E-state index in [2.05, 4.69) is 5.32 Å². The Morgan fingerprint density at radius 2 is 2.19 bits per heavy atom. The first-order valence-corrected chi connectivity index (χ1v) is 6.28. The molecule has 1 aromatic carbocycles. The maximum Gasteiger partial charge on any atom is 0.328 e. The van der Waals surface area contributed by atoms with Crippen LogP contribution in [0.4, 0.5) is 13.6 Å². The van der Waals surface area contributed by atoms with Crippen LogP contribution in [0.1, 0.15) is 5.56 Å². The van der Waals surface area contributed by atoms with Gasteiger partial charge in [-0.2, -0.15) is 0 Å². The summed E-state index contributed by atoms with van der Waals surface area (Å²) in [5, 5.41) is 11.4. The van der Waals surface area contributed by atoms with Crippen molar-refractivity contribution in [3.05, 3.63) is 35.4 Å². The number of hydrogen-bond acceptors (Lipinski definition) is 3. The zero-order valence-corrected chi connectivity index (χ0v) is 11.0. The van der Waals surface area contributed by atoms with Gasteiger partial charge in [0.25, 0.3) is 0 Å². The molecule has 1 atom stereocenters. The minimum Gasteiger partial charge on any atom is -0.480 e. The molecule has 1 aliphatic heterocycles. The highest BCUT2D eigenvalue weighted by molar-refractivity contribution is 5.83. The van der Waals surface area contributed by atoms with Gasteiger partial charge in [-0.25, -0.2) is 18.4 Å². The van der Waals surface area contributed by atoms with E-state index < -0.39 is 29.7 Å². The molecule has 1 fully saturated rings. The summed E-state index contributed by atoms with van der Waals surface area (Å²) in [4.78, 5) is 24.1. The number of halogens is 2. The number of morpholine rings is 1. The van der Waals surface area contributed by atoms with E-state index in [0.29, 0.717) is 0 Å². The van der Waals surface area contributed by atoms with Crippen molar-refractivity contribution >= 4 is 12.0 Å². The molecule has 114 valence electrons. The fourth-order valence-corrected chi connectivity index (χ4v) is 2.00. The number of rotatable bonds is 3. The molecule has 2 N–H and O–H groups in total. The third kappa shape index (κ3) is 3.66. The highest BCUT2D eigenvalue weighted by Crippen LogP contribution is 2.11. The Bertz CT molecular complexity index is 553. The Hall–Kier alpha value is -2.22. The molecule has 6 nitrogen and oxygen atoms in total. The number of ether oxygens (including phenoxy) is 1. The number of benzene rings is 1. The summed E-state index contributed by atoms with van der Waals surface area (Å²) in [6.07, 6.45) is 0. The molecule has 1 aromatic rings. The molecular formula is C13H14F2N2O4. The number of nitrogens with zero attached hydrogens (tertiary/aromatic N) is 1. The zero-order chi connectivity index (χ0) is 15.4. The average Bonchev–Trinajstić information content (AvgIpc) is 2.47. The molecule has 0 saturated carbocycles. The molecule has 1 unspecified atom stereocenters. The Balaban J connectivity index is 2.00. The summed E-state index contributed by atoms with van der Waals surface area (Å²) < 4.78 is 31.4. The van der Waals surface area contributed by atoms with E-state index in [-0.39, 0.29) is 31.9 Å². The molecule has 0 aliphatic carbocycles. The minimum atomic E-state index is -1.18. The van der Waals surface area contributed by atoms with Gasteiger partial charge in [-0.3, -0.25) is 0 Å². The molecule has 0 aromatic heterocycles. The molecule has 1 aliphatic rings. The minimum absolute atomic E-state index is 0.0107. The molecule has 1 heterocycles. The van der Waals surface area contributed by atoms with Crippen molar-refractivity contribution in [2.75, 3.05) is 19.8 Å². The lowest BCUT2D eigenvalue weighted by atomic mass is 10.2. The SMILES string of the molecule is O=C(O)C1COCCN1C(=O)NCc1cc(F)ccc1F. The summed E-state index contributed by atoms with van der Waals surface area (Å²) in [6.45, 7) is 0.0170. The lowest BCUT2D eigenvalue weighted by Gasteiger charge is -2.32. The second kappa shape index (κ2) is 6.49. The Morgan fingerprint density at radius 1 is 1.43 bits per heavy atom. The van der Waals surface area contributed by atoms with Crippen LogP contribution in [0.2, 0.25) is 0 Å². The number of carbonyl (C=O) groups excluding carboxylic acids is 1. The number of urea groups is 1. The lowest BCUT2D eigenvalue weighted by Crippen LogP contribution is -2.55. The zero-order valence-electron chi connectivity index (χ0n) is 11.0. The monoisotopic (exact) mass is 300 g/mol. The number of hydrogen-bond donors (Lipinski definition) is 2. The van der Waals surface area contributed by atoms with E-state index in [9.17, 15) is 18.4 Å². The summed E-state index contributed by atoms with van der Waals surface area (Å²) in [5.74, 6) is -2.44. The van der Waals surface area contributed by atoms with Crippen molar-refractivity contribution in [2.45, 2.75) is 12.6 Å². The van der Waals surface area contributed by atoms with Gasteiger partial charge in [0.2, 0.25) is 0 Å². The normalized spacial score (nSPS) is 18.4. The Kier molecular flexibility index (Phi) is 4.69. The molecule has 21 heavy (non-hydrogen) atoms. The molecule has 2 amide bonds. The predicted octanol–water partition coefficient (Wildman–Crippen LogP) is 0.960. The number of nitrogens with one attached hydrogen (secondary N) is 1. The van der Waals surface area contributed by atoms with Gasteiger partial charge in [-0.15, -0.1) is 0 Å². The number of carboxylic acids is 1. The number of carboxylic acid groups (broad SMARTS) is 1. The van der Waals surface area contributed by atoms with Crippen LogP contribution in [-0.4, -0.2) is 47.8 Å². The van der Waals surface area contributed by atoms with Crippen LogP contribution >= 0.6 is 0 Å². The smallest absolute Gasteiger partial charge is 0.328 e. The van der Waals surface area contributed by atoms with E-state index in [0.717, 1.165) is 23.1 Å². The summed E-state index contributed by atoms with van der Waals surface area (Å²) in [7, 11) is 0. The van der Waals surface area contributed by atoms with Gasteiger partial charge in [-0.1, -0.05) is 0 Å². The van der Waals surface area contributed by atoms with Gasteiger partial charge in [0.1, 0.15) is 11.6 Å². The highest BCUT2D eigenvalue weighted by atomic mass is 19.1. The standard InChI is InChI=1S/C13H14F2N2O4/c14-9-1-2-10(15)8(5-9)6-16-13(20)17-3-4-21-7-11(17)12(18)19/h1-2,5,11H,3-4,6-7H2,(H,16,20)(H,18,19). The summed E-state index contributed by atoms with van der Waals surface area (Å²) >= 11 is 0. The van der Waals surface area contributed by atoms with E-state index >= 15 is 0 Å². The molecular weight excluding hydrogens is 286 g/mol. The van der Waals surface area contributed by atoms with Crippen molar-refractivity contribution < 1.29 is 28.2 Å². The Morgan fingerprint density at radius 3 is 2.90 bits per heavy atom. The summed E-state index contributed by atoms with van der Waals surface area (Å²) in [5.41, 5.74) is -0.0107. The first-order chi connectivity index (χ1) is 9.99.